The van der Waals surface area contributed by atoms with E-state index in [0.717, 1.165) is 13.0 Å². The van der Waals surface area contributed by atoms with Crippen LogP contribution in [0.3, 0.4) is 0 Å². The van der Waals surface area contributed by atoms with Gasteiger partial charge in [-0.15, -0.1) is 0 Å². The Labute approximate surface area is 93.5 Å². The topological polar surface area (TPSA) is 12.5 Å². The van der Waals surface area contributed by atoms with Crippen molar-refractivity contribution in [1.82, 2.24) is 4.90 Å². The molecule has 1 saturated heterocycles. The van der Waals surface area contributed by atoms with E-state index in [9.17, 15) is 4.39 Å². The summed E-state index contributed by atoms with van der Waals surface area (Å²) < 4.78 is 18.5. The van der Waals surface area contributed by atoms with Crippen molar-refractivity contribution in [3.63, 3.8) is 0 Å². The number of alkyl halides is 1. The zero-order valence-electron chi connectivity index (χ0n) is 8.39. The standard InChI is InChI=1S/C9H17FINO/c1-9(2,3)12-5-4-8(13-11)7(10)6-12/h7-8H,4-6H2,1-3H3. The van der Waals surface area contributed by atoms with Gasteiger partial charge < -0.3 is 3.07 Å². The minimum atomic E-state index is -0.843. The highest BCUT2D eigenvalue weighted by molar-refractivity contribution is 14.1. The van der Waals surface area contributed by atoms with Gasteiger partial charge in [0.15, 0.2) is 0 Å². The van der Waals surface area contributed by atoms with Gasteiger partial charge >= 0.3 is 0 Å². The Hall–Kier alpha value is 0.580. The molecule has 2 nitrogen and oxygen atoms in total. The molecule has 0 spiro atoms. The average Bonchev–Trinajstić information content (AvgIpc) is 2.02. The van der Waals surface area contributed by atoms with Crippen LogP contribution in [0.2, 0.25) is 0 Å². The Morgan fingerprint density at radius 2 is 2.08 bits per heavy atom. The first-order chi connectivity index (χ1) is 5.95. The highest BCUT2D eigenvalue weighted by atomic mass is 127. The van der Waals surface area contributed by atoms with E-state index in [-0.39, 0.29) is 11.6 Å². The number of likely N-dealkylation sites (tertiary alicyclic amines) is 1. The molecule has 1 heterocycles. The summed E-state index contributed by atoms with van der Waals surface area (Å²) in [5.41, 5.74) is 0.0700. The van der Waals surface area contributed by atoms with Crippen molar-refractivity contribution in [2.45, 2.75) is 45.0 Å². The lowest BCUT2D eigenvalue weighted by atomic mass is 9.98. The molecule has 0 radical (unpaired) electrons. The molecule has 1 aliphatic rings. The minimum absolute atomic E-state index is 0.0700. The van der Waals surface area contributed by atoms with Crippen molar-refractivity contribution in [1.29, 1.82) is 0 Å². The van der Waals surface area contributed by atoms with Crippen LogP contribution in [0.25, 0.3) is 0 Å². The fraction of sp³-hybridized carbons (Fsp3) is 1.00. The number of piperidine rings is 1. The molecular weight excluding hydrogens is 284 g/mol. The third-order valence-corrected chi connectivity index (χ3v) is 3.20. The van der Waals surface area contributed by atoms with Crippen LogP contribution in [0.4, 0.5) is 4.39 Å². The molecule has 78 valence electrons. The van der Waals surface area contributed by atoms with Crippen molar-refractivity contribution < 1.29 is 7.46 Å². The third kappa shape index (κ3) is 3.02. The molecule has 13 heavy (non-hydrogen) atoms. The van der Waals surface area contributed by atoms with Gasteiger partial charge in [0, 0.05) is 18.6 Å². The van der Waals surface area contributed by atoms with Crippen LogP contribution in [-0.4, -0.2) is 35.8 Å². The third-order valence-electron chi connectivity index (χ3n) is 2.54. The summed E-state index contributed by atoms with van der Waals surface area (Å²) in [6.45, 7) is 7.77. The Bertz CT molecular complexity index is 171. The quantitative estimate of drug-likeness (QED) is 0.690. The Kier molecular flexibility index (Phi) is 3.94. The minimum Gasteiger partial charge on any atom is -0.309 e. The van der Waals surface area contributed by atoms with Crippen LogP contribution in [0.1, 0.15) is 27.2 Å². The van der Waals surface area contributed by atoms with Crippen molar-refractivity contribution in [3.05, 3.63) is 0 Å². The number of hydrogen-bond acceptors (Lipinski definition) is 2. The predicted octanol–water partition coefficient (Wildman–Crippen LogP) is 2.56. The van der Waals surface area contributed by atoms with Gasteiger partial charge in [0.25, 0.3) is 0 Å². The zero-order valence-corrected chi connectivity index (χ0v) is 10.5. The second-order valence-electron chi connectivity index (χ2n) is 4.55. The Morgan fingerprint density at radius 3 is 2.46 bits per heavy atom. The molecular formula is C9H17FINO. The predicted molar refractivity (Wildman–Crippen MR) is 59.7 cm³/mol. The van der Waals surface area contributed by atoms with E-state index in [1.807, 2.05) is 0 Å². The number of hydrogen-bond donors (Lipinski definition) is 0. The van der Waals surface area contributed by atoms with E-state index in [1.54, 1.807) is 23.0 Å². The van der Waals surface area contributed by atoms with Crippen molar-refractivity contribution in [2.24, 2.45) is 0 Å². The van der Waals surface area contributed by atoms with Gasteiger partial charge in [-0.1, -0.05) is 0 Å². The van der Waals surface area contributed by atoms with Gasteiger partial charge in [0.1, 0.15) is 35.3 Å². The highest BCUT2D eigenvalue weighted by Gasteiger charge is 2.34. The van der Waals surface area contributed by atoms with Crippen LogP contribution in [0, 0.1) is 0 Å². The first-order valence-electron chi connectivity index (χ1n) is 4.61. The molecule has 1 aliphatic heterocycles. The molecule has 1 fully saturated rings. The molecule has 0 aromatic heterocycles. The Balaban J connectivity index is 2.51. The van der Waals surface area contributed by atoms with Gasteiger partial charge in [0.2, 0.25) is 0 Å². The molecule has 0 bridgehead atoms. The number of nitrogens with zero attached hydrogens (tertiary/aromatic N) is 1. The van der Waals surface area contributed by atoms with Crippen LogP contribution in [0.15, 0.2) is 0 Å². The lowest BCUT2D eigenvalue weighted by Crippen LogP contribution is -2.52. The first-order valence-corrected chi connectivity index (χ1v) is 5.49. The average molecular weight is 301 g/mol. The number of rotatable bonds is 1. The monoisotopic (exact) mass is 301 g/mol. The molecule has 0 aromatic carbocycles. The van der Waals surface area contributed by atoms with E-state index >= 15 is 0 Å². The summed E-state index contributed by atoms with van der Waals surface area (Å²) in [7, 11) is 0. The van der Waals surface area contributed by atoms with Gasteiger partial charge in [-0.2, -0.15) is 0 Å². The maximum absolute atomic E-state index is 13.5. The van der Waals surface area contributed by atoms with Gasteiger partial charge in [-0.25, -0.2) is 4.39 Å². The maximum atomic E-state index is 13.5. The fourth-order valence-electron chi connectivity index (χ4n) is 1.59. The normalized spacial score (nSPS) is 32.1. The molecule has 1 rings (SSSR count). The van der Waals surface area contributed by atoms with E-state index < -0.39 is 6.17 Å². The SMILES string of the molecule is CC(C)(C)N1CCC(OI)C(F)C1. The van der Waals surface area contributed by atoms with Crippen molar-refractivity contribution in [3.8, 4) is 0 Å². The summed E-state index contributed by atoms with van der Waals surface area (Å²) in [5.74, 6) is 0. The maximum Gasteiger partial charge on any atom is 0.140 e. The molecule has 4 heteroatoms. The van der Waals surface area contributed by atoms with E-state index in [2.05, 4.69) is 25.7 Å². The Morgan fingerprint density at radius 1 is 1.46 bits per heavy atom. The summed E-state index contributed by atoms with van der Waals surface area (Å²) in [6.07, 6.45) is -0.259. The summed E-state index contributed by atoms with van der Waals surface area (Å²) in [4.78, 5) is 2.17. The lowest BCUT2D eigenvalue weighted by molar-refractivity contribution is 0.00450. The second kappa shape index (κ2) is 4.40. The molecule has 0 saturated carbocycles. The van der Waals surface area contributed by atoms with Crippen LogP contribution >= 0.6 is 23.0 Å². The van der Waals surface area contributed by atoms with Gasteiger partial charge in [-0.05, 0) is 27.2 Å². The van der Waals surface area contributed by atoms with Gasteiger partial charge in [-0.3, -0.25) is 4.90 Å². The molecule has 0 amide bonds. The van der Waals surface area contributed by atoms with Crippen LogP contribution in [-0.2, 0) is 3.07 Å². The number of halogens is 2. The first kappa shape index (κ1) is 11.7. The van der Waals surface area contributed by atoms with Gasteiger partial charge in [0.05, 0.1) is 0 Å². The lowest BCUT2D eigenvalue weighted by Gasteiger charge is -2.41. The highest BCUT2D eigenvalue weighted by Crippen LogP contribution is 2.24. The van der Waals surface area contributed by atoms with E-state index in [4.69, 9.17) is 3.07 Å². The zero-order chi connectivity index (χ0) is 10.1. The second-order valence-corrected chi connectivity index (χ2v) is 5.06. The molecule has 2 atom stereocenters. The summed E-state index contributed by atoms with van der Waals surface area (Å²) in [6, 6.07) is 0. The molecule has 2 unspecified atom stereocenters. The van der Waals surface area contributed by atoms with Crippen molar-refractivity contribution in [2.75, 3.05) is 13.1 Å². The summed E-state index contributed by atoms with van der Waals surface area (Å²) in [5, 5.41) is 0. The fourth-order valence-corrected chi connectivity index (χ4v) is 2.17. The largest absolute Gasteiger partial charge is 0.309 e. The summed E-state index contributed by atoms with van der Waals surface area (Å²) >= 11 is 1.79. The van der Waals surface area contributed by atoms with Crippen LogP contribution in [0.5, 0.6) is 0 Å². The van der Waals surface area contributed by atoms with Crippen LogP contribution < -0.4 is 0 Å². The van der Waals surface area contributed by atoms with Crippen molar-refractivity contribution >= 4 is 23.0 Å². The smallest absolute Gasteiger partial charge is 0.140 e. The molecule has 0 N–H and O–H groups in total. The van der Waals surface area contributed by atoms with E-state index in [0.29, 0.717) is 6.54 Å². The molecule has 0 aliphatic carbocycles. The van der Waals surface area contributed by atoms with E-state index in [1.165, 1.54) is 0 Å². The molecule has 0 aromatic rings.